The van der Waals surface area contributed by atoms with Crippen LogP contribution in [0.1, 0.15) is 0 Å². The number of guanidine groups is 1. The lowest BCUT2D eigenvalue weighted by atomic mass is 10.3. The second-order valence-corrected chi connectivity index (χ2v) is 3.81. The van der Waals surface area contributed by atoms with E-state index < -0.39 is 0 Å². The number of halogens is 2. The molecule has 0 aliphatic heterocycles. The highest BCUT2D eigenvalue weighted by molar-refractivity contribution is 6.33. The lowest BCUT2D eigenvalue weighted by Gasteiger charge is -2.20. The van der Waals surface area contributed by atoms with E-state index in [0.29, 0.717) is 29.8 Å². The summed E-state index contributed by atoms with van der Waals surface area (Å²) < 4.78 is 0. The van der Waals surface area contributed by atoms with E-state index in [9.17, 15) is 0 Å². The molecular formula is C13H17Cl2N3. The molecule has 0 aliphatic carbocycles. The summed E-state index contributed by atoms with van der Waals surface area (Å²) >= 11 is 6.01. The standard InChI is InChI=1S/C13H16ClN3.ClH/c1-3-9-17(10-4-2)13(15)16-12-8-6-5-7-11(12)14;/h3-8H,1-2,9-10H2,(H2,15,16);1H. The zero-order valence-corrected chi connectivity index (χ0v) is 11.6. The van der Waals surface area contributed by atoms with Crippen molar-refractivity contribution in [3.05, 3.63) is 54.6 Å². The molecule has 5 heteroatoms. The van der Waals surface area contributed by atoms with Crippen LogP contribution in [0.2, 0.25) is 5.02 Å². The van der Waals surface area contributed by atoms with E-state index in [2.05, 4.69) is 18.2 Å². The molecule has 1 aromatic rings. The number of rotatable bonds is 5. The SMILES string of the molecule is C=CCN(CC=C)C(N)=Nc1ccccc1Cl.Cl. The van der Waals surface area contributed by atoms with Gasteiger partial charge in [0, 0.05) is 13.1 Å². The van der Waals surface area contributed by atoms with Gasteiger partial charge in [-0.05, 0) is 12.1 Å². The van der Waals surface area contributed by atoms with Gasteiger partial charge in [0.1, 0.15) is 0 Å². The Labute approximate surface area is 119 Å². The molecule has 0 aromatic heterocycles. The first kappa shape index (κ1) is 16.6. The van der Waals surface area contributed by atoms with E-state index in [1.54, 1.807) is 18.2 Å². The summed E-state index contributed by atoms with van der Waals surface area (Å²) in [5.74, 6) is 0.401. The second kappa shape index (κ2) is 8.61. The maximum atomic E-state index is 6.01. The van der Waals surface area contributed by atoms with Crippen LogP contribution in [0.25, 0.3) is 0 Å². The van der Waals surface area contributed by atoms with Gasteiger partial charge >= 0.3 is 0 Å². The van der Waals surface area contributed by atoms with Gasteiger partial charge in [-0.1, -0.05) is 35.9 Å². The van der Waals surface area contributed by atoms with Crippen molar-refractivity contribution < 1.29 is 0 Å². The highest BCUT2D eigenvalue weighted by atomic mass is 35.5. The fourth-order valence-corrected chi connectivity index (χ4v) is 1.49. The van der Waals surface area contributed by atoms with Gasteiger partial charge in [-0.3, -0.25) is 0 Å². The van der Waals surface area contributed by atoms with E-state index in [0.717, 1.165) is 0 Å². The highest BCUT2D eigenvalue weighted by Gasteiger charge is 2.05. The molecule has 0 spiro atoms. The fourth-order valence-electron chi connectivity index (χ4n) is 1.31. The van der Waals surface area contributed by atoms with Crippen LogP contribution in [0.3, 0.4) is 0 Å². The summed E-state index contributed by atoms with van der Waals surface area (Å²) in [4.78, 5) is 6.14. The van der Waals surface area contributed by atoms with Crippen LogP contribution in [0, 0.1) is 0 Å². The molecule has 1 rings (SSSR count). The first-order chi connectivity index (χ1) is 8.19. The van der Waals surface area contributed by atoms with Gasteiger partial charge in [0.25, 0.3) is 0 Å². The molecule has 2 N–H and O–H groups in total. The normalized spacial score (nSPS) is 10.4. The third kappa shape index (κ3) is 4.82. The number of aliphatic imine (C=N–C) groups is 1. The van der Waals surface area contributed by atoms with Crippen LogP contribution < -0.4 is 5.73 Å². The number of nitrogens with zero attached hydrogens (tertiary/aromatic N) is 2. The van der Waals surface area contributed by atoms with Crippen molar-refractivity contribution in [1.29, 1.82) is 0 Å². The average molecular weight is 286 g/mol. The maximum Gasteiger partial charge on any atom is 0.197 e. The first-order valence-corrected chi connectivity index (χ1v) is 5.62. The molecule has 98 valence electrons. The quantitative estimate of drug-likeness (QED) is 0.512. The van der Waals surface area contributed by atoms with E-state index in [4.69, 9.17) is 17.3 Å². The monoisotopic (exact) mass is 285 g/mol. The van der Waals surface area contributed by atoms with Crippen molar-refractivity contribution in [2.45, 2.75) is 0 Å². The van der Waals surface area contributed by atoms with Crippen LogP contribution in [0.5, 0.6) is 0 Å². The van der Waals surface area contributed by atoms with E-state index in [1.807, 2.05) is 23.1 Å². The Hall–Kier alpha value is -1.45. The van der Waals surface area contributed by atoms with E-state index in [-0.39, 0.29) is 12.4 Å². The summed E-state index contributed by atoms with van der Waals surface area (Å²) in [6, 6.07) is 7.31. The molecule has 0 atom stereocenters. The van der Waals surface area contributed by atoms with Crippen LogP contribution in [-0.2, 0) is 0 Å². The second-order valence-electron chi connectivity index (χ2n) is 3.40. The average Bonchev–Trinajstić information content (AvgIpc) is 2.32. The molecular weight excluding hydrogens is 269 g/mol. The smallest absolute Gasteiger partial charge is 0.197 e. The molecule has 1 aromatic carbocycles. The molecule has 0 saturated heterocycles. The van der Waals surface area contributed by atoms with Gasteiger partial charge in [-0.15, -0.1) is 25.6 Å². The van der Waals surface area contributed by atoms with Gasteiger partial charge < -0.3 is 10.6 Å². The van der Waals surface area contributed by atoms with Crippen LogP contribution in [0.4, 0.5) is 5.69 Å². The predicted octanol–water partition coefficient (Wildman–Crippen LogP) is 3.38. The number of nitrogens with two attached hydrogens (primary N) is 1. The summed E-state index contributed by atoms with van der Waals surface area (Å²) in [7, 11) is 0. The molecule has 3 nitrogen and oxygen atoms in total. The molecule has 0 aliphatic rings. The number of benzene rings is 1. The predicted molar refractivity (Wildman–Crippen MR) is 81.9 cm³/mol. The first-order valence-electron chi connectivity index (χ1n) is 5.24. The van der Waals surface area contributed by atoms with Crippen molar-refractivity contribution in [2.24, 2.45) is 10.7 Å². The van der Waals surface area contributed by atoms with Gasteiger partial charge in [-0.2, -0.15) is 0 Å². The Kier molecular flexibility index (Phi) is 7.92. The minimum Gasteiger partial charge on any atom is -0.369 e. The summed E-state index contributed by atoms with van der Waals surface area (Å²) in [6.07, 6.45) is 3.52. The molecule has 0 fully saturated rings. The Morgan fingerprint density at radius 1 is 1.28 bits per heavy atom. The van der Waals surface area contributed by atoms with Gasteiger partial charge in [-0.25, -0.2) is 4.99 Å². The Morgan fingerprint density at radius 3 is 2.33 bits per heavy atom. The highest BCUT2D eigenvalue weighted by Crippen LogP contribution is 2.23. The van der Waals surface area contributed by atoms with Gasteiger partial charge in [0.15, 0.2) is 5.96 Å². The van der Waals surface area contributed by atoms with Gasteiger partial charge in [0.2, 0.25) is 0 Å². The zero-order valence-electron chi connectivity index (χ0n) is 10.1. The lowest BCUT2D eigenvalue weighted by molar-refractivity contribution is 0.508. The molecule has 0 radical (unpaired) electrons. The van der Waals surface area contributed by atoms with Crippen molar-refractivity contribution >= 4 is 35.7 Å². The summed E-state index contributed by atoms with van der Waals surface area (Å²) in [5.41, 5.74) is 6.57. The van der Waals surface area contributed by atoms with Crippen molar-refractivity contribution in [3.63, 3.8) is 0 Å². The van der Waals surface area contributed by atoms with Crippen molar-refractivity contribution in [2.75, 3.05) is 13.1 Å². The van der Waals surface area contributed by atoms with E-state index >= 15 is 0 Å². The lowest BCUT2D eigenvalue weighted by Crippen LogP contribution is -2.37. The Bertz CT molecular complexity index is 420. The Balaban J connectivity index is 0.00000289. The molecule has 18 heavy (non-hydrogen) atoms. The summed E-state index contributed by atoms with van der Waals surface area (Å²) in [5, 5.41) is 0.576. The van der Waals surface area contributed by atoms with Crippen LogP contribution in [-0.4, -0.2) is 23.9 Å². The number of hydrogen-bond acceptors (Lipinski definition) is 1. The largest absolute Gasteiger partial charge is 0.369 e. The van der Waals surface area contributed by atoms with Crippen LogP contribution in [0.15, 0.2) is 54.6 Å². The van der Waals surface area contributed by atoms with Crippen molar-refractivity contribution in [1.82, 2.24) is 4.90 Å². The maximum absolute atomic E-state index is 6.01. The zero-order chi connectivity index (χ0) is 12.7. The minimum absolute atomic E-state index is 0. The number of para-hydroxylation sites is 1. The summed E-state index contributed by atoms with van der Waals surface area (Å²) in [6.45, 7) is 8.59. The number of hydrogen-bond donors (Lipinski definition) is 1. The Morgan fingerprint density at radius 2 is 1.83 bits per heavy atom. The van der Waals surface area contributed by atoms with Gasteiger partial charge in [0.05, 0.1) is 10.7 Å². The molecule has 0 unspecified atom stereocenters. The molecule has 0 saturated carbocycles. The molecule has 0 bridgehead atoms. The van der Waals surface area contributed by atoms with Crippen molar-refractivity contribution in [3.8, 4) is 0 Å². The minimum atomic E-state index is 0. The molecule has 0 amide bonds. The topological polar surface area (TPSA) is 41.6 Å². The van der Waals surface area contributed by atoms with E-state index in [1.165, 1.54) is 0 Å². The third-order valence-electron chi connectivity index (χ3n) is 2.11. The van der Waals surface area contributed by atoms with Crippen LogP contribution >= 0.6 is 24.0 Å². The fraction of sp³-hybridized carbons (Fsp3) is 0.154. The third-order valence-corrected chi connectivity index (χ3v) is 2.43. The molecule has 0 heterocycles.